The third-order valence-corrected chi connectivity index (χ3v) is 2.68. The SMILES string of the molecule is Cc1ccc(C)c(-c2n[nH]c(C(C)C)n2)c1. The summed E-state index contributed by atoms with van der Waals surface area (Å²) in [5.74, 6) is 2.12. The Balaban J connectivity index is 2.46. The van der Waals surface area contributed by atoms with Crippen LogP contribution >= 0.6 is 0 Å². The number of aromatic nitrogens is 3. The number of hydrogen-bond acceptors (Lipinski definition) is 2. The van der Waals surface area contributed by atoms with Gasteiger partial charge in [0.1, 0.15) is 5.82 Å². The topological polar surface area (TPSA) is 41.6 Å². The molecule has 1 aromatic heterocycles. The van der Waals surface area contributed by atoms with Crippen molar-refractivity contribution in [1.29, 1.82) is 0 Å². The van der Waals surface area contributed by atoms with Gasteiger partial charge in [0.15, 0.2) is 5.82 Å². The van der Waals surface area contributed by atoms with Gasteiger partial charge in [-0.05, 0) is 25.5 Å². The summed E-state index contributed by atoms with van der Waals surface area (Å²) in [7, 11) is 0. The van der Waals surface area contributed by atoms with Crippen LogP contribution in [0, 0.1) is 13.8 Å². The summed E-state index contributed by atoms with van der Waals surface area (Å²) in [4.78, 5) is 4.52. The number of rotatable bonds is 2. The van der Waals surface area contributed by atoms with E-state index in [9.17, 15) is 0 Å². The van der Waals surface area contributed by atoms with E-state index < -0.39 is 0 Å². The van der Waals surface area contributed by atoms with Gasteiger partial charge in [-0.3, -0.25) is 5.10 Å². The summed E-state index contributed by atoms with van der Waals surface area (Å²) in [6, 6.07) is 6.34. The van der Waals surface area contributed by atoms with Crippen molar-refractivity contribution in [3.63, 3.8) is 0 Å². The van der Waals surface area contributed by atoms with E-state index in [1.807, 2.05) is 0 Å². The second-order valence-electron chi connectivity index (χ2n) is 4.52. The molecule has 0 saturated carbocycles. The Kier molecular flexibility index (Phi) is 2.77. The van der Waals surface area contributed by atoms with Gasteiger partial charge in [-0.15, -0.1) is 0 Å². The minimum absolute atomic E-state index is 0.381. The first-order chi connectivity index (χ1) is 7.58. The molecule has 0 bridgehead atoms. The first kappa shape index (κ1) is 10.9. The maximum atomic E-state index is 4.52. The van der Waals surface area contributed by atoms with Crippen molar-refractivity contribution in [3.05, 3.63) is 35.2 Å². The summed E-state index contributed by atoms with van der Waals surface area (Å²) in [6.45, 7) is 8.37. The quantitative estimate of drug-likeness (QED) is 0.835. The van der Waals surface area contributed by atoms with E-state index in [2.05, 4.69) is 61.1 Å². The zero-order valence-electron chi connectivity index (χ0n) is 10.2. The largest absolute Gasteiger partial charge is 0.262 e. The van der Waals surface area contributed by atoms with Crippen LogP contribution in [0.4, 0.5) is 0 Å². The van der Waals surface area contributed by atoms with Crippen LogP contribution in [-0.4, -0.2) is 15.2 Å². The number of hydrogen-bond donors (Lipinski definition) is 1. The zero-order valence-corrected chi connectivity index (χ0v) is 10.2. The highest BCUT2D eigenvalue weighted by Crippen LogP contribution is 2.22. The van der Waals surface area contributed by atoms with Crippen molar-refractivity contribution in [1.82, 2.24) is 15.2 Å². The van der Waals surface area contributed by atoms with Crippen LogP contribution in [0.25, 0.3) is 11.4 Å². The average Bonchev–Trinajstić information content (AvgIpc) is 2.70. The molecular weight excluding hydrogens is 198 g/mol. The Bertz CT molecular complexity index is 498. The fourth-order valence-corrected chi connectivity index (χ4v) is 1.63. The lowest BCUT2D eigenvalue weighted by molar-refractivity contribution is 0.781. The van der Waals surface area contributed by atoms with Gasteiger partial charge in [-0.2, -0.15) is 5.10 Å². The third kappa shape index (κ3) is 1.98. The van der Waals surface area contributed by atoms with Gasteiger partial charge in [0.25, 0.3) is 0 Å². The summed E-state index contributed by atoms with van der Waals surface area (Å²) in [5.41, 5.74) is 3.56. The van der Waals surface area contributed by atoms with E-state index in [-0.39, 0.29) is 0 Å². The highest BCUT2D eigenvalue weighted by molar-refractivity contribution is 5.60. The molecule has 1 aromatic carbocycles. The van der Waals surface area contributed by atoms with Crippen LogP contribution in [0.3, 0.4) is 0 Å². The molecule has 0 fully saturated rings. The summed E-state index contributed by atoms with van der Waals surface area (Å²) < 4.78 is 0. The first-order valence-electron chi connectivity index (χ1n) is 5.58. The van der Waals surface area contributed by atoms with Crippen LogP contribution in [0.1, 0.15) is 36.7 Å². The van der Waals surface area contributed by atoms with Crippen molar-refractivity contribution in [2.45, 2.75) is 33.6 Å². The molecule has 3 nitrogen and oxygen atoms in total. The number of benzene rings is 1. The maximum absolute atomic E-state index is 4.52. The van der Waals surface area contributed by atoms with Crippen molar-refractivity contribution in [3.8, 4) is 11.4 Å². The zero-order chi connectivity index (χ0) is 11.7. The molecule has 0 amide bonds. The number of nitrogens with one attached hydrogen (secondary N) is 1. The van der Waals surface area contributed by atoms with Crippen molar-refractivity contribution >= 4 is 0 Å². The number of aromatic amines is 1. The lowest BCUT2D eigenvalue weighted by Gasteiger charge is -2.02. The van der Waals surface area contributed by atoms with Crippen molar-refractivity contribution in [2.75, 3.05) is 0 Å². The lowest BCUT2D eigenvalue weighted by atomic mass is 10.1. The Labute approximate surface area is 95.9 Å². The van der Waals surface area contributed by atoms with Crippen molar-refractivity contribution < 1.29 is 0 Å². The summed E-state index contributed by atoms with van der Waals surface area (Å²) in [6.07, 6.45) is 0. The molecule has 0 spiro atoms. The standard InChI is InChI=1S/C13H17N3/c1-8(2)12-14-13(16-15-12)11-7-9(3)5-6-10(11)4/h5-8H,1-4H3,(H,14,15,16). The smallest absolute Gasteiger partial charge is 0.181 e. The van der Waals surface area contributed by atoms with Gasteiger partial charge in [0.05, 0.1) is 0 Å². The van der Waals surface area contributed by atoms with E-state index in [1.165, 1.54) is 11.1 Å². The van der Waals surface area contributed by atoms with Gasteiger partial charge >= 0.3 is 0 Å². The van der Waals surface area contributed by atoms with Crippen LogP contribution in [0.5, 0.6) is 0 Å². The van der Waals surface area contributed by atoms with E-state index >= 15 is 0 Å². The predicted molar refractivity (Wildman–Crippen MR) is 65.4 cm³/mol. The Morgan fingerprint density at radius 1 is 1.19 bits per heavy atom. The van der Waals surface area contributed by atoms with E-state index in [0.717, 1.165) is 17.2 Å². The number of H-pyrrole nitrogens is 1. The molecule has 1 N–H and O–H groups in total. The van der Waals surface area contributed by atoms with E-state index in [4.69, 9.17) is 0 Å². The van der Waals surface area contributed by atoms with Crippen LogP contribution in [-0.2, 0) is 0 Å². The molecule has 2 rings (SSSR count). The highest BCUT2D eigenvalue weighted by atomic mass is 15.2. The molecule has 84 valence electrons. The number of aryl methyl sites for hydroxylation is 2. The fraction of sp³-hybridized carbons (Fsp3) is 0.385. The molecule has 2 aromatic rings. The van der Waals surface area contributed by atoms with Gasteiger partial charge in [0.2, 0.25) is 0 Å². The number of nitrogens with zero attached hydrogens (tertiary/aromatic N) is 2. The Hall–Kier alpha value is -1.64. The molecule has 3 heteroatoms. The molecule has 0 aliphatic heterocycles. The van der Waals surface area contributed by atoms with Gasteiger partial charge < -0.3 is 0 Å². The maximum Gasteiger partial charge on any atom is 0.181 e. The second-order valence-corrected chi connectivity index (χ2v) is 4.52. The highest BCUT2D eigenvalue weighted by Gasteiger charge is 2.10. The molecule has 0 unspecified atom stereocenters. The molecule has 0 saturated heterocycles. The molecule has 0 aliphatic rings. The Morgan fingerprint density at radius 2 is 1.94 bits per heavy atom. The Morgan fingerprint density at radius 3 is 2.56 bits per heavy atom. The first-order valence-corrected chi connectivity index (χ1v) is 5.58. The minimum atomic E-state index is 0.381. The fourth-order valence-electron chi connectivity index (χ4n) is 1.63. The summed E-state index contributed by atoms with van der Waals surface area (Å²) >= 11 is 0. The predicted octanol–water partition coefficient (Wildman–Crippen LogP) is 3.21. The van der Waals surface area contributed by atoms with Crippen LogP contribution in [0.2, 0.25) is 0 Å². The third-order valence-electron chi connectivity index (χ3n) is 2.68. The van der Waals surface area contributed by atoms with E-state index in [1.54, 1.807) is 0 Å². The molecule has 0 aliphatic carbocycles. The van der Waals surface area contributed by atoms with Gasteiger partial charge in [-0.1, -0.05) is 31.5 Å². The average molecular weight is 215 g/mol. The molecule has 0 atom stereocenters. The minimum Gasteiger partial charge on any atom is -0.262 e. The van der Waals surface area contributed by atoms with Crippen molar-refractivity contribution in [2.24, 2.45) is 0 Å². The lowest BCUT2D eigenvalue weighted by Crippen LogP contribution is -1.90. The molecular formula is C13H17N3. The normalized spacial score (nSPS) is 11.1. The van der Waals surface area contributed by atoms with Gasteiger partial charge in [-0.25, -0.2) is 4.98 Å². The van der Waals surface area contributed by atoms with Crippen LogP contribution < -0.4 is 0 Å². The monoisotopic (exact) mass is 215 g/mol. The summed E-state index contributed by atoms with van der Waals surface area (Å²) in [5, 5.41) is 7.26. The van der Waals surface area contributed by atoms with Gasteiger partial charge in [0, 0.05) is 11.5 Å². The second kappa shape index (κ2) is 4.08. The van der Waals surface area contributed by atoms with Crippen LogP contribution in [0.15, 0.2) is 18.2 Å². The molecule has 1 heterocycles. The molecule has 16 heavy (non-hydrogen) atoms. The van der Waals surface area contributed by atoms with E-state index in [0.29, 0.717) is 5.92 Å². The molecule has 0 radical (unpaired) electrons.